The summed E-state index contributed by atoms with van der Waals surface area (Å²) in [6, 6.07) is 9.72. The average molecular weight is 440 g/mol. The Morgan fingerprint density at radius 2 is 1.32 bits per heavy atom. The predicted octanol–water partition coefficient (Wildman–Crippen LogP) is 0.966. The van der Waals surface area contributed by atoms with Gasteiger partial charge in [-0.05, 0) is 5.56 Å². The van der Waals surface area contributed by atoms with Crippen LogP contribution in [-0.2, 0) is 30.3 Å². The number of carbonyl (C=O) groups excluding carboxylic acids is 1. The number of hydrogen-bond acceptors (Lipinski definition) is 8. The quantitative estimate of drug-likeness (QED) is 0.381. The Balaban J connectivity index is 1.38. The van der Waals surface area contributed by atoms with E-state index >= 15 is 0 Å². The van der Waals surface area contributed by atoms with Crippen molar-refractivity contribution in [2.24, 2.45) is 5.73 Å². The van der Waals surface area contributed by atoms with Crippen LogP contribution in [0.25, 0.3) is 0 Å². The van der Waals surface area contributed by atoms with Gasteiger partial charge >= 0.3 is 6.09 Å². The maximum Gasteiger partial charge on any atom is 0.410 e. The molecule has 1 heterocycles. The van der Waals surface area contributed by atoms with Gasteiger partial charge in [0.1, 0.15) is 6.61 Å². The highest BCUT2D eigenvalue weighted by Gasteiger charge is 2.21. The van der Waals surface area contributed by atoms with E-state index in [0.29, 0.717) is 79.1 Å². The fourth-order valence-electron chi connectivity index (χ4n) is 3.00. The third kappa shape index (κ3) is 12.0. The number of hydrogen-bond donors (Lipinski definition) is 1. The first kappa shape index (κ1) is 25.5. The molecule has 176 valence electrons. The molecule has 1 aromatic rings. The van der Waals surface area contributed by atoms with Crippen molar-refractivity contribution in [2.45, 2.75) is 6.61 Å². The number of carbonyl (C=O) groups is 1. The Morgan fingerprint density at radius 1 is 0.774 bits per heavy atom. The molecule has 2 rings (SSSR count). The normalized spacial score (nSPS) is 14.7. The summed E-state index contributed by atoms with van der Waals surface area (Å²) in [5.41, 5.74) is 6.32. The van der Waals surface area contributed by atoms with Gasteiger partial charge in [0.25, 0.3) is 0 Å². The van der Waals surface area contributed by atoms with Crippen LogP contribution in [0.2, 0.25) is 0 Å². The second-order valence-electron chi connectivity index (χ2n) is 7.11. The lowest BCUT2D eigenvalue weighted by atomic mass is 10.2. The van der Waals surface area contributed by atoms with Crippen molar-refractivity contribution in [3.8, 4) is 0 Å². The van der Waals surface area contributed by atoms with Gasteiger partial charge in [-0.25, -0.2) is 4.79 Å². The van der Waals surface area contributed by atoms with Crippen LogP contribution in [-0.4, -0.2) is 108 Å². The summed E-state index contributed by atoms with van der Waals surface area (Å²) in [5.74, 6) is 0. The van der Waals surface area contributed by atoms with Crippen LogP contribution in [0.15, 0.2) is 30.3 Å². The standard InChI is InChI=1S/C22H37N3O6/c23-6-12-27-14-16-29-18-19-30-17-15-28-13-11-24-7-9-25(10-8-24)22(26)31-20-21-4-2-1-3-5-21/h1-5H,6-20,23H2. The summed E-state index contributed by atoms with van der Waals surface area (Å²) in [4.78, 5) is 16.2. The topological polar surface area (TPSA) is 95.7 Å². The first-order chi connectivity index (χ1) is 15.3. The van der Waals surface area contributed by atoms with E-state index < -0.39 is 0 Å². The van der Waals surface area contributed by atoms with E-state index in [1.54, 1.807) is 4.90 Å². The Kier molecular flexibility index (Phi) is 13.9. The lowest BCUT2D eigenvalue weighted by Gasteiger charge is -2.33. The van der Waals surface area contributed by atoms with Gasteiger partial charge in [-0.3, -0.25) is 4.90 Å². The summed E-state index contributed by atoms with van der Waals surface area (Å²) >= 11 is 0. The predicted molar refractivity (Wildman–Crippen MR) is 117 cm³/mol. The zero-order chi connectivity index (χ0) is 22.0. The maximum absolute atomic E-state index is 12.2. The second kappa shape index (κ2) is 16.9. The number of benzene rings is 1. The van der Waals surface area contributed by atoms with Crippen molar-refractivity contribution in [3.05, 3.63) is 35.9 Å². The molecule has 0 bridgehead atoms. The van der Waals surface area contributed by atoms with E-state index in [1.807, 2.05) is 30.3 Å². The molecule has 9 nitrogen and oxygen atoms in total. The number of ether oxygens (including phenoxy) is 5. The average Bonchev–Trinajstić information content (AvgIpc) is 2.81. The molecule has 0 radical (unpaired) electrons. The van der Waals surface area contributed by atoms with E-state index in [-0.39, 0.29) is 6.09 Å². The summed E-state index contributed by atoms with van der Waals surface area (Å²) in [6.45, 7) is 9.21. The van der Waals surface area contributed by atoms with E-state index in [1.165, 1.54) is 0 Å². The number of nitrogens with two attached hydrogens (primary N) is 1. The van der Waals surface area contributed by atoms with Gasteiger partial charge in [0.2, 0.25) is 0 Å². The number of nitrogens with zero attached hydrogens (tertiary/aromatic N) is 2. The van der Waals surface area contributed by atoms with Gasteiger partial charge in [0, 0.05) is 39.3 Å². The van der Waals surface area contributed by atoms with Crippen molar-refractivity contribution in [1.82, 2.24) is 9.80 Å². The summed E-state index contributed by atoms with van der Waals surface area (Å²) in [6.07, 6.45) is -0.246. The molecule has 1 fully saturated rings. The van der Waals surface area contributed by atoms with Crippen molar-refractivity contribution < 1.29 is 28.5 Å². The molecule has 1 aliphatic rings. The van der Waals surface area contributed by atoms with Crippen molar-refractivity contribution in [2.75, 3.05) is 92.1 Å². The van der Waals surface area contributed by atoms with Crippen molar-refractivity contribution in [1.29, 1.82) is 0 Å². The summed E-state index contributed by atoms with van der Waals surface area (Å²) < 4.78 is 27.1. The fourth-order valence-corrected chi connectivity index (χ4v) is 3.00. The SMILES string of the molecule is NCCOCCOCCOCCOCCN1CCN(C(=O)OCc2ccccc2)CC1. The number of amides is 1. The lowest BCUT2D eigenvalue weighted by molar-refractivity contribution is -0.00457. The van der Waals surface area contributed by atoms with E-state index in [0.717, 1.165) is 25.2 Å². The Hall–Kier alpha value is -1.75. The molecule has 0 atom stereocenters. The molecule has 2 N–H and O–H groups in total. The van der Waals surface area contributed by atoms with E-state index in [4.69, 9.17) is 29.4 Å². The minimum Gasteiger partial charge on any atom is -0.445 e. The van der Waals surface area contributed by atoms with Crippen LogP contribution in [0.5, 0.6) is 0 Å². The largest absolute Gasteiger partial charge is 0.445 e. The third-order valence-corrected chi connectivity index (χ3v) is 4.77. The van der Waals surface area contributed by atoms with Gasteiger partial charge in [0.15, 0.2) is 0 Å². The third-order valence-electron chi connectivity index (χ3n) is 4.77. The molecule has 0 saturated carbocycles. The van der Waals surface area contributed by atoms with Crippen LogP contribution in [0, 0.1) is 0 Å². The minimum absolute atomic E-state index is 0.246. The molecule has 1 aliphatic heterocycles. The highest BCUT2D eigenvalue weighted by atomic mass is 16.6. The van der Waals surface area contributed by atoms with Gasteiger partial charge in [-0.1, -0.05) is 30.3 Å². The molecule has 1 amide bonds. The molecule has 0 aliphatic carbocycles. The van der Waals surface area contributed by atoms with Crippen LogP contribution >= 0.6 is 0 Å². The molecule has 9 heteroatoms. The molecular weight excluding hydrogens is 402 g/mol. The number of rotatable bonds is 16. The van der Waals surface area contributed by atoms with Crippen molar-refractivity contribution >= 4 is 6.09 Å². The molecule has 1 aromatic carbocycles. The first-order valence-corrected chi connectivity index (χ1v) is 11.0. The number of piperazine rings is 1. The Bertz CT molecular complexity index is 570. The summed E-state index contributed by atoms with van der Waals surface area (Å²) in [7, 11) is 0. The first-order valence-electron chi connectivity index (χ1n) is 11.0. The molecule has 31 heavy (non-hydrogen) atoms. The van der Waals surface area contributed by atoms with Gasteiger partial charge in [-0.15, -0.1) is 0 Å². The second-order valence-corrected chi connectivity index (χ2v) is 7.11. The Labute approximate surface area is 185 Å². The molecule has 1 saturated heterocycles. The highest BCUT2D eigenvalue weighted by molar-refractivity contribution is 5.67. The smallest absolute Gasteiger partial charge is 0.410 e. The van der Waals surface area contributed by atoms with Crippen LogP contribution in [0.3, 0.4) is 0 Å². The van der Waals surface area contributed by atoms with E-state index in [2.05, 4.69) is 4.90 Å². The molecule has 0 aromatic heterocycles. The van der Waals surface area contributed by atoms with Gasteiger partial charge in [-0.2, -0.15) is 0 Å². The zero-order valence-corrected chi connectivity index (χ0v) is 18.4. The molecular formula is C22H37N3O6. The molecule has 0 spiro atoms. The fraction of sp³-hybridized carbons (Fsp3) is 0.682. The zero-order valence-electron chi connectivity index (χ0n) is 18.4. The van der Waals surface area contributed by atoms with E-state index in [9.17, 15) is 4.79 Å². The summed E-state index contributed by atoms with van der Waals surface area (Å²) in [5, 5.41) is 0. The highest BCUT2D eigenvalue weighted by Crippen LogP contribution is 2.07. The lowest BCUT2D eigenvalue weighted by Crippen LogP contribution is -2.49. The Morgan fingerprint density at radius 3 is 1.90 bits per heavy atom. The van der Waals surface area contributed by atoms with Crippen LogP contribution in [0.1, 0.15) is 5.56 Å². The maximum atomic E-state index is 12.2. The minimum atomic E-state index is -0.246. The molecule has 0 unspecified atom stereocenters. The van der Waals surface area contributed by atoms with Crippen LogP contribution < -0.4 is 5.73 Å². The van der Waals surface area contributed by atoms with Gasteiger partial charge in [0.05, 0.1) is 52.9 Å². The van der Waals surface area contributed by atoms with Gasteiger partial charge < -0.3 is 34.3 Å². The monoisotopic (exact) mass is 439 g/mol. The van der Waals surface area contributed by atoms with Crippen LogP contribution in [0.4, 0.5) is 4.79 Å². The van der Waals surface area contributed by atoms with Crippen molar-refractivity contribution in [3.63, 3.8) is 0 Å².